The second-order valence-corrected chi connectivity index (χ2v) is 6.73. The van der Waals surface area contributed by atoms with Crippen molar-refractivity contribution in [3.05, 3.63) is 23.8 Å². The Labute approximate surface area is 179 Å². The molecule has 11 heteroatoms. The molecule has 1 aliphatic rings. The van der Waals surface area contributed by atoms with Gasteiger partial charge in [-0.3, -0.25) is 0 Å². The Bertz CT molecular complexity index is 750. The highest BCUT2D eigenvalue weighted by Crippen LogP contribution is 2.30. The average molecular weight is 446 g/mol. The van der Waals surface area contributed by atoms with Crippen LogP contribution in [0.25, 0.3) is 0 Å². The number of carbonyl (C=O) groups excluding carboxylic acids is 1. The molecule has 1 saturated heterocycles. The number of hydrogen-bond donors (Lipinski definition) is 1. The first kappa shape index (κ1) is 24.4. The van der Waals surface area contributed by atoms with Crippen LogP contribution in [0.3, 0.4) is 0 Å². The Balaban J connectivity index is 2.02. The van der Waals surface area contributed by atoms with E-state index in [1.807, 2.05) is 6.92 Å². The predicted octanol–water partition coefficient (Wildman–Crippen LogP) is 2.88. The van der Waals surface area contributed by atoms with Crippen molar-refractivity contribution < 1.29 is 32.2 Å². The molecular weight excluding hydrogens is 417 g/mol. The normalized spacial score (nSPS) is 15.0. The fraction of sp³-hybridized carbons (Fsp3) is 0.600. The number of hydrogen-bond acceptors (Lipinski definition) is 5. The first-order valence-electron chi connectivity index (χ1n) is 10.1. The lowest BCUT2D eigenvalue weighted by molar-refractivity contribution is -0.153. The number of carbonyl (C=O) groups is 1. The van der Waals surface area contributed by atoms with Crippen LogP contribution >= 0.6 is 0 Å². The minimum absolute atomic E-state index is 0.0227. The molecule has 0 atom stereocenters. The highest BCUT2D eigenvalue weighted by molar-refractivity contribution is 5.80. The van der Waals surface area contributed by atoms with E-state index < -0.39 is 12.8 Å². The van der Waals surface area contributed by atoms with Crippen LogP contribution in [-0.2, 0) is 11.3 Å². The van der Waals surface area contributed by atoms with Gasteiger partial charge in [0, 0.05) is 32.7 Å². The van der Waals surface area contributed by atoms with Gasteiger partial charge in [-0.2, -0.15) is 13.2 Å². The van der Waals surface area contributed by atoms with Gasteiger partial charge < -0.3 is 29.3 Å². The first-order chi connectivity index (χ1) is 14.8. The van der Waals surface area contributed by atoms with Crippen molar-refractivity contribution in [2.75, 3.05) is 53.0 Å². The third-order valence-electron chi connectivity index (χ3n) is 4.47. The number of methoxy groups -OCH3 is 1. The zero-order valence-corrected chi connectivity index (χ0v) is 18.0. The number of rotatable bonds is 7. The Morgan fingerprint density at radius 2 is 1.81 bits per heavy atom. The van der Waals surface area contributed by atoms with Crippen LogP contribution in [-0.4, -0.2) is 81.1 Å². The van der Waals surface area contributed by atoms with Crippen LogP contribution in [0.15, 0.2) is 23.2 Å². The fourth-order valence-electron chi connectivity index (χ4n) is 3.00. The lowest BCUT2D eigenvalue weighted by Crippen LogP contribution is -2.53. The number of aliphatic imine (C=N–C) groups is 1. The number of nitrogens with one attached hydrogen (secondary N) is 1. The molecule has 0 spiro atoms. The molecule has 1 fully saturated rings. The first-order valence-corrected chi connectivity index (χ1v) is 10.1. The Kier molecular flexibility index (Phi) is 9.07. The van der Waals surface area contributed by atoms with Gasteiger partial charge in [0.15, 0.2) is 24.1 Å². The van der Waals surface area contributed by atoms with E-state index in [1.54, 1.807) is 24.0 Å². The largest absolute Gasteiger partial charge is 0.493 e. The number of guanidine groups is 1. The van der Waals surface area contributed by atoms with Crippen LogP contribution in [0.2, 0.25) is 0 Å². The molecule has 2 rings (SSSR count). The Morgan fingerprint density at radius 3 is 2.39 bits per heavy atom. The summed E-state index contributed by atoms with van der Waals surface area (Å²) in [6.07, 6.45) is -4.74. The molecular formula is C20H29F3N4O4. The van der Waals surface area contributed by atoms with E-state index in [0.29, 0.717) is 51.8 Å². The maximum absolute atomic E-state index is 12.4. The molecule has 1 aromatic carbocycles. The van der Waals surface area contributed by atoms with Crippen molar-refractivity contribution in [3.63, 3.8) is 0 Å². The van der Waals surface area contributed by atoms with Gasteiger partial charge in [0.25, 0.3) is 0 Å². The maximum atomic E-state index is 12.4. The van der Waals surface area contributed by atoms with Crippen molar-refractivity contribution in [3.8, 4) is 11.5 Å². The van der Waals surface area contributed by atoms with E-state index in [-0.39, 0.29) is 17.6 Å². The molecule has 1 N–H and O–H groups in total. The average Bonchev–Trinajstić information content (AvgIpc) is 2.75. The third-order valence-corrected chi connectivity index (χ3v) is 4.47. The summed E-state index contributed by atoms with van der Waals surface area (Å²) in [4.78, 5) is 20.2. The smallest absolute Gasteiger partial charge is 0.422 e. The van der Waals surface area contributed by atoms with Gasteiger partial charge in [-0.05, 0) is 31.5 Å². The summed E-state index contributed by atoms with van der Waals surface area (Å²) >= 11 is 0. The standard InChI is InChI=1S/C20H29F3N4O4/c1-4-24-18(26-8-10-27(11-9-26)19(28)30-5-2)25-13-15-6-7-16(17(12-15)29-3)31-14-20(21,22)23/h6-7,12H,4-5,8-11,13-14H2,1-3H3,(H,24,25). The molecule has 0 aromatic heterocycles. The molecule has 1 aromatic rings. The van der Waals surface area contributed by atoms with E-state index in [0.717, 1.165) is 5.56 Å². The molecule has 8 nitrogen and oxygen atoms in total. The van der Waals surface area contributed by atoms with Crippen molar-refractivity contribution in [1.82, 2.24) is 15.1 Å². The molecule has 1 heterocycles. The monoisotopic (exact) mass is 446 g/mol. The van der Waals surface area contributed by atoms with Crippen LogP contribution in [0.5, 0.6) is 11.5 Å². The van der Waals surface area contributed by atoms with Gasteiger partial charge in [-0.15, -0.1) is 0 Å². The molecule has 0 unspecified atom stereocenters. The molecule has 174 valence electrons. The van der Waals surface area contributed by atoms with Crippen molar-refractivity contribution >= 4 is 12.1 Å². The SMILES string of the molecule is CCNC(=NCc1ccc(OCC(F)(F)F)c(OC)c1)N1CCN(C(=O)OCC)CC1. The van der Waals surface area contributed by atoms with Crippen molar-refractivity contribution in [1.29, 1.82) is 0 Å². The number of benzene rings is 1. The molecule has 0 radical (unpaired) electrons. The molecule has 0 bridgehead atoms. The van der Waals surface area contributed by atoms with E-state index in [9.17, 15) is 18.0 Å². The number of halogens is 3. The molecule has 31 heavy (non-hydrogen) atoms. The Hall–Kier alpha value is -2.85. The Morgan fingerprint density at radius 1 is 1.13 bits per heavy atom. The molecule has 0 saturated carbocycles. The van der Waals surface area contributed by atoms with E-state index in [2.05, 4.69) is 15.2 Å². The number of amides is 1. The third kappa shape index (κ3) is 7.72. The van der Waals surface area contributed by atoms with Crippen molar-refractivity contribution in [2.45, 2.75) is 26.6 Å². The lowest BCUT2D eigenvalue weighted by atomic mass is 10.2. The van der Waals surface area contributed by atoms with Gasteiger partial charge >= 0.3 is 12.3 Å². The molecule has 1 amide bonds. The minimum Gasteiger partial charge on any atom is -0.493 e. The van der Waals surface area contributed by atoms with Gasteiger partial charge in [-0.1, -0.05) is 6.07 Å². The van der Waals surface area contributed by atoms with Gasteiger partial charge in [0.1, 0.15) is 0 Å². The number of piperazine rings is 1. The summed E-state index contributed by atoms with van der Waals surface area (Å²) in [7, 11) is 1.37. The van der Waals surface area contributed by atoms with E-state index in [4.69, 9.17) is 14.2 Å². The van der Waals surface area contributed by atoms with Crippen LogP contribution in [0.1, 0.15) is 19.4 Å². The second kappa shape index (κ2) is 11.5. The fourth-order valence-corrected chi connectivity index (χ4v) is 3.00. The zero-order chi connectivity index (χ0) is 22.9. The number of ether oxygens (including phenoxy) is 3. The summed E-state index contributed by atoms with van der Waals surface area (Å²) in [5.74, 6) is 0.932. The van der Waals surface area contributed by atoms with Crippen LogP contribution in [0.4, 0.5) is 18.0 Å². The van der Waals surface area contributed by atoms with Gasteiger partial charge in [0.2, 0.25) is 0 Å². The summed E-state index contributed by atoms with van der Waals surface area (Å²) < 4.78 is 52.2. The van der Waals surface area contributed by atoms with Crippen LogP contribution in [0, 0.1) is 0 Å². The highest BCUT2D eigenvalue weighted by atomic mass is 19.4. The number of alkyl halides is 3. The van der Waals surface area contributed by atoms with Gasteiger partial charge in [-0.25, -0.2) is 9.79 Å². The van der Waals surface area contributed by atoms with Gasteiger partial charge in [0.05, 0.1) is 20.3 Å². The maximum Gasteiger partial charge on any atom is 0.422 e. The van der Waals surface area contributed by atoms with Crippen molar-refractivity contribution in [2.24, 2.45) is 4.99 Å². The minimum atomic E-state index is -4.42. The summed E-state index contributed by atoms with van der Waals surface area (Å²) in [5, 5.41) is 3.23. The summed E-state index contributed by atoms with van der Waals surface area (Å²) in [6, 6.07) is 4.71. The van der Waals surface area contributed by atoms with E-state index >= 15 is 0 Å². The lowest BCUT2D eigenvalue weighted by Gasteiger charge is -2.35. The zero-order valence-electron chi connectivity index (χ0n) is 18.0. The predicted molar refractivity (Wildman–Crippen MR) is 110 cm³/mol. The van der Waals surface area contributed by atoms with E-state index in [1.165, 1.54) is 13.2 Å². The summed E-state index contributed by atoms with van der Waals surface area (Å²) in [6.45, 7) is 5.94. The summed E-state index contributed by atoms with van der Waals surface area (Å²) in [5.41, 5.74) is 0.761. The molecule has 1 aliphatic heterocycles. The highest BCUT2D eigenvalue weighted by Gasteiger charge is 2.29. The molecule has 0 aliphatic carbocycles. The topological polar surface area (TPSA) is 75.6 Å². The number of nitrogens with zero attached hydrogens (tertiary/aromatic N) is 3. The quantitative estimate of drug-likeness (QED) is 0.513. The van der Waals surface area contributed by atoms with Crippen LogP contribution < -0.4 is 14.8 Å². The second-order valence-electron chi connectivity index (χ2n) is 6.73.